The van der Waals surface area contributed by atoms with Crippen LogP contribution in [0.1, 0.15) is 0 Å². The van der Waals surface area contributed by atoms with Gasteiger partial charge in [-0.15, -0.1) is 62.0 Å². The van der Waals surface area contributed by atoms with Crippen molar-refractivity contribution in [2.45, 2.75) is 0 Å². The Bertz CT molecular complexity index is 147. The third-order valence-corrected chi connectivity index (χ3v) is 0.985. The standard InChI is InChI=1S/C6H5Cl.5ClH.H3P/c7-6-4-2-1-3-5-6;;;;;;/h1-5H;5*1H;1H3. The van der Waals surface area contributed by atoms with Crippen LogP contribution in [0.5, 0.6) is 0 Å². The van der Waals surface area contributed by atoms with E-state index in [1.165, 1.54) is 0 Å². The van der Waals surface area contributed by atoms with E-state index < -0.39 is 0 Å². The van der Waals surface area contributed by atoms with Gasteiger partial charge in [-0.05, 0) is 12.1 Å². The quantitative estimate of drug-likeness (QED) is 0.615. The molecule has 0 heterocycles. The maximum atomic E-state index is 5.54. The molecule has 0 fully saturated rings. The molecule has 7 heteroatoms. The van der Waals surface area contributed by atoms with Gasteiger partial charge in [0.2, 0.25) is 0 Å². The van der Waals surface area contributed by atoms with Gasteiger partial charge in [-0.1, -0.05) is 29.8 Å². The topological polar surface area (TPSA) is 0 Å². The molecule has 84 valence electrons. The van der Waals surface area contributed by atoms with E-state index in [2.05, 4.69) is 0 Å². The van der Waals surface area contributed by atoms with Gasteiger partial charge in [0.15, 0.2) is 0 Å². The van der Waals surface area contributed by atoms with E-state index in [-0.39, 0.29) is 71.9 Å². The first-order chi connectivity index (χ1) is 3.39. The lowest BCUT2D eigenvalue weighted by molar-refractivity contribution is 1.71. The maximum Gasteiger partial charge on any atom is 0.0405 e. The Morgan fingerprint density at radius 2 is 1.00 bits per heavy atom. The average molecular weight is 329 g/mol. The SMILES string of the molecule is Cl.Cl.Cl.Cl.Cl.Clc1ccccc1.P. The molecule has 1 rings (SSSR count). The van der Waals surface area contributed by atoms with Crippen LogP contribution >= 0.6 is 83.5 Å². The molecule has 0 amide bonds. The van der Waals surface area contributed by atoms with Crippen LogP contribution in [0.25, 0.3) is 0 Å². The Kier molecular flexibility index (Phi) is 65.7. The lowest BCUT2D eigenvalue weighted by Gasteiger charge is -1.80. The van der Waals surface area contributed by atoms with Crippen LogP contribution in [0.3, 0.4) is 0 Å². The number of hydrogen-bond donors (Lipinski definition) is 0. The minimum absolute atomic E-state index is 0. The lowest BCUT2D eigenvalue weighted by Crippen LogP contribution is -1.55. The van der Waals surface area contributed by atoms with Gasteiger partial charge in [0.25, 0.3) is 0 Å². The highest BCUT2D eigenvalue weighted by atomic mass is 35.5. The smallest absolute Gasteiger partial charge is 0.0405 e. The summed E-state index contributed by atoms with van der Waals surface area (Å²) in [5, 5.41) is 0.794. The molecule has 1 atom stereocenters. The van der Waals surface area contributed by atoms with Crippen LogP contribution in [-0.2, 0) is 0 Å². The van der Waals surface area contributed by atoms with Crippen LogP contribution in [0.15, 0.2) is 30.3 Å². The van der Waals surface area contributed by atoms with Crippen molar-refractivity contribution in [2.24, 2.45) is 0 Å². The summed E-state index contributed by atoms with van der Waals surface area (Å²) in [6.45, 7) is 0. The third kappa shape index (κ3) is 19.7. The Morgan fingerprint density at radius 1 is 0.692 bits per heavy atom. The first-order valence-corrected chi connectivity index (χ1v) is 2.48. The molecule has 1 aromatic rings. The van der Waals surface area contributed by atoms with E-state index in [4.69, 9.17) is 11.6 Å². The minimum Gasteiger partial charge on any atom is -0.153 e. The van der Waals surface area contributed by atoms with Crippen molar-refractivity contribution in [1.82, 2.24) is 0 Å². The summed E-state index contributed by atoms with van der Waals surface area (Å²) in [6, 6.07) is 9.44. The summed E-state index contributed by atoms with van der Waals surface area (Å²) in [6.07, 6.45) is 0. The fraction of sp³-hybridized carbons (Fsp3) is 0. The van der Waals surface area contributed by atoms with Gasteiger partial charge in [-0.2, -0.15) is 9.90 Å². The molecule has 0 aliphatic carbocycles. The molecule has 0 saturated carbocycles. The van der Waals surface area contributed by atoms with Crippen molar-refractivity contribution in [1.29, 1.82) is 0 Å². The molecule has 0 aliphatic heterocycles. The predicted octanol–water partition coefficient (Wildman–Crippen LogP) is 4.51. The van der Waals surface area contributed by atoms with E-state index in [1.54, 1.807) is 0 Å². The van der Waals surface area contributed by atoms with Gasteiger partial charge in [0, 0.05) is 5.02 Å². The van der Waals surface area contributed by atoms with Gasteiger partial charge in [-0.25, -0.2) is 0 Å². The van der Waals surface area contributed by atoms with Crippen LogP contribution in [0, 0.1) is 0 Å². The summed E-state index contributed by atoms with van der Waals surface area (Å²) in [7, 11) is 0. The maximum absolute atomic E-state index is 5.54. The summed E-state index contributed by atoms with van der Waals surface area (Å²) in [5.41, 5.74) is 0. The second kappa shape index (κ2) is 23.3. The van der Waals surface area contributed by atoms with Crippen molar-refractivity contribution in [3.8, 4) is 0 Å². The van der Waals surface area contributed by atoms with Crippen molar-refractivity contribution in [3.63, 3.8) is 0 Å². The molecule has 0 aliphatic rings. The van der Waals surface area contributed by atoms with Gasteiger partial charge in [0.1, 0.15) is 0 Å². The van der Waals surface area contributed by atoms with Gasteiger partial charge < -0.3 is 0 Å². The van der Waals surface area contributed by atoms with E-state index in [9.17, 15) is 0 Å². The number of benzene rings is 1. The van der Waals surface area contributed by atoms with Crippen molar-refractivity contribution >= 4 is 83.5 Å². The molecule has 0 nitrogen and oxygen atoms in total. The molecule has 0 aromatic heterocycles. The highest BCUT2D eigenvalue weighted by molar-refractivity contribution is 6.92. The van der Waals surface area contributed by atoms with Gasteiger partial charge in [0.05, 0.1) is 0 Å². The Labute approximate surface area is 118 Å². The summed E-state index contributed by atoms with van der Waals surface area (Å²) in [5.74, 6) is 0. The van der Waals surface area contributed by atoms with E-state index in [1.807, 2.05) is 30.3 Å². The second-order valence-electron chi connectivity index (χ2n) is 1.30. The monoisotopic (exact) mass is 326 g/mol. The molecule has 0 saturated heterocycles. The summed E-state index contributed by atoms with van der Waals surface area (Å²) in [4.78, 5) is 0. The van der Waals surface area contributed by atoms with Crippen LogP contribution in [0.4, 0.5) is 0 Å². The Hall–Kier alpha value is 1.39. The highest BCUT2D eigenvalue weighted by Crippen LogP contribution is 2.03. The number of hydrogen-bond acceptors (Lipinski definition) is 0. The zero-order valence-corrected chi connectivity index (χ0v) is 12.8. The lowest BCUT2D eigenvalue weighted by atomic mass is 10.4. The zero-order valence-electron chi connectivity index (χ0n) is 6.51. The van der Waals surface area contributed by atoms with Crippen LogP contribution in [-0.4, -0.2) is 0 Å². The highest BCUT2D eigenvalue weighted by Gasteiger charge is 1.74. The normalized spacial score (nSPS) is 4.69. The summed E-state index contributed by atoms with van der Waals surface area (Å²) >= 11 is 5.54. The fourth-order valence-corrected chi connectivity index (χ4v) is 0.560. The molecular formula is C6H13Cl6P. The van der Waals surface area contributed by atoms with Gasteiger partial charge in [-0.3, -0.25) is 0 Å². The molecule has 0 bridgehead atoms. The molecule has 1 unspecified atom stereocenters. The third-order valence-electron chi connectivity index (χ3n) is 0.733. The van der Waals surface area contributed by atoms with Crippen LogP contribution in [0.2, 0.25) is 5.02 Å². The molecule has 0 N–H and O–H groups in total. The Morgan fingerprint density at radius 3 is 1.15 bits per heavy atom. The fourth-order valence-electron chi connectivity index (χ4n) is 0.415. The Balaban J connectivity index is -0.0000000204. The summed E-state index contributed by atoms with van der Waals surface area (Å²) < 4.78 is 0. The predicted molar refractivity (Wildman–Crippen MR) is 78.8 cm³/mol. The minimum atomic E-state index is 0. The van der Waals surface area contributed by atoms with Crippen molar-refractivity contribution in [2.75, 3.05) is 0 Å². The van der Waals surface area contributed by atoms with E-state index in [0.717, 1.165) is 5.02 Å². The van der Waals surface area contributed by atoms with Gasteiger partial charge >= 0.3 is 0 Å². The largest absolute Gasteiger partial charge is 0.153 e. The molecule has 0 radical (unpaired) electrons. The van der Waals surface area contributed by atoms with E-state index in [0.29, 0.717) is 0 Å². The second-order valence-corrected chi connectivity index (χ2v) is 1.73. The molecule has 0 spiro atoms. The number of halogens is 6. The molecule has 13 heavy (non-hydrogen) atoms. The molecular weight excluding hydrogens is 316 g/mol. The first-order valence-electron chi connectivity index (χ1n) is 2.10. The first kappa shape index (κ1) is 36.7. The molecule has 1 aromatic carbocycles. The zero-order chi connectivity index (χ0) is 5.11. The van der Waals surface area contributed by atoms with Crippen LogP contribution < -0.4 is 0 Å². The van der Waals surface area contributed by atoms with E-state index >= 15 is 0 Å². The average Bonchev–Trinajstić information content (AvgIpc) is 1.69. The van der Waals surface area contributed by atoms with Crippen molar-refractivity contribution in [3.05, 3.63) is 35.4 Å². The van der Waals surface area contributed by atoms with Crippen molar-refractivity contribution < 1.29 is 0 Å². The number of rotatable bonds is 0.